The number of hydrogen-bond donors (Lipinski definition) is 2. The zero-order valence-electron chi connectivity index (χ0n) is 9.66. The van der Waals surface area contributed by atoms with Crippen LogP contribution < -0.4 is 10.9 Å². The summed E-state index contributed by atoms with van der Waals surface area (Å²) in [7, 11) is 0. The van der Waals surface area contributed by atoms with Crippen molar-refractivity contribution in [3.63, 3.8) is 0 Å². The SMILES string of the molecule is C=CC/C=C(\C)NNC(=O)c1cccc(Br)c1. The standard InChI is InChI=1S/C13H15BrN2O/c1-3-4-6-10(2)15-16-13(17)11-7-5-8-12(14)9-11/h3,5-9,15H,1,4H2,2H3,(H,16,17)/b10-6+. The summed E-state index contributed by atoms with van der Waals surface area (Å²) in [5.74, 6) is -0.169. The Morgan fingerprint density at radius 3 is 2.88 bits per heavy atom. The van der Waals surface area contributed by atoms with Gasteiger partial charge < -0.3 is 5.43 Å². The number of benzene rings is 1. The molecule has 0 bridgehead atoms. The maximum atomic E-state index is 11.7. The van der Waals surface area contributed by atoms with Crippen molar-refractivity contribution in [3.8, 4) is 0 Å². The summed E-state index contributed by atoms with van der Waals surface area (Å²) in [6, 6.07) is 7.21. The summed E-state index contributed by atoms with van der Waals surface area (Å²) in [5, 5.41) is 0. The highest BCUT2D eigenvalue weighted by molar-refractivity contribution is 9.10. The van der Waals surface area contributed by atoms with E-state index in [1.807, 2.05) is 25.1 Å². The van der Waals surface area contributed by atoms with E-state index in [0.29, 0.717) is 5.56 Å². The van der Waals surface area contributed by atoms with Gasteiger partial charge in [0.25, 0.3) is 5.91 Å². The predicted octanol–water partition coefficient (Wildman–Crippen LogP) is 3.16. The molecule has 1 rings (SSSR count). The Morgan fingerprint density at radius 1 is 1.47 bits per heavy atom. The minimum Gasteiger partial charge on any atom is -0.303 e. The Bertz CT molecular complexity index is 441. The maximum Gasteiger partial charge on any atom is 0.269 e. The van der Waals surface area contributed by atoms with Gasteiger partial charge >= 0.3 is 0 Å². The van der Waals surface area contributed by atoms with Gasteiger partial charge in [-0.3, -0.25) is 10.2 Å². The molecule has 1 amide bonds. The Labute approximate surface area is 110 Å². The van der Waals surface area contributed by atoms with Crippen LogP contribution >= 0.6 is 15.9 Å². The molecular formula is C13H15BrN2O. The minimum absolute atomic E-state index is 0.169. The monoisotopic (exact) mass is 294 g/mol. The van der Waals surface area contributed by atoms with Gasteiger partial charge in [0.2, 0.25) is 0 Å². The molecule has 0 fully saturated rings. The molecule has 0 spiro atoms. The third-order valence-electron chi connectivity index (χ3n) is 2.05. The van der Waals surface area contributed by atoms with Gasteiger partial charge in [-0.25, -0.2) is 0 Å². The number of carbonyl (C=O) groups excluding carboxylic acids is 1. The van der Waals surface area contributed by atoms with Gasteiger partial charge in [-0.2, -0.15) is 0 Å². The fraction of sp³-hybridized carbons (Fsp3) is 0.154. The summed E-state index contributed by atoms with van der Waals surface area (Å²) in [6.07, 6.45) is 4.50. The molecule has 0 aliphatic heterocycles. The van der Waals surface area contributed by atoms with Gasteiger partial charge in [0.1, 0.15) is 0 Å². The molecule has 3 nitrogen and oxygen atoms in total. The van der Waals surface area contributed by atoms with Gasteiger partial charge in [0.05, 0.1) is 0 Å². The number of nitrogens with one attached hydrogen (secondary N) is 2. The van der Waals surface area contributed by atoms with Crippen molar-refractivity contribution in [2.45, 2.75) is 13.3 Å². The first-order valence-electron chi connectivity index (χ1n) is 5.23. The van der Waals surface area contributed by atoms with Crippen LogP contribution in [0.2, 0.25) is 0 Å². The molecule has 0 radical (unpaired) electrons. The Hall–Kier alpha value is -1.55. The molecule has 0 aliphatic rings. The second-order valence-electron chi connectivity index (χ2n) is 3.50. The first kappa shape index (κ1) is 13.5. The quantitative estimate of drug-likeness (QED) is 0.647. The van der Waals surface area contributed by atoms with Crippen LogP contribution in [0, 0.1) is 0 Å². The maximum absolute atomic E-state index is 11.7. The van der Waals surface area contributed by atoms with Crippen molar-refractivity contribution in [2.75, 3.05) is 0 Å². The third-order valence-corrected chi connectivity index (χ3v) is 2.54. The van der Waals surface area contributed by atoms with E-state index in [-0.39, 0.29) is 5.91 Å². The highest BCUT2D eigenvalue weighted by Gasteiger charge is 2.04. The Kier molecular flexibility index (Phi) is 5.49. The fourth-order valence-corrected chi connectivity index (χ4v) is 1.57. The van der Waals surface area contributed by atoms with Crippen LogP contribution in [0.4, 0.5) is 0 Å². The van der Waals surface area contributed by atoms with Gasteiger partial charge in [-0.1, -0.05) is 34.1 Å². The molecule has 2 N–H and O–H groups in total. The van der Waals surface area contributed by atoms with E-state index in [2.05, 4.69) is 33.4 Å². The second-order valence-corrected chi connectivity index (χ2v) is 4.42. The Morgan fingerprint density at radius 2 is 2.24 bits per heavy atom. The number of hydrogen-bond acceptors (Lipinski definition) is 2. The third kappa shape index (κ3) is 4.87. The lowest BCUT2D eigenvalue weighted by Crippen LogP contribution is -2.36. The molecule has 0 aliphatic carbocycles. The van der Waals surface area contributed by atoms with Gasteiger partial charge in [-0.15, -0.1) is 6.58 Å². The van der Waals surface area contributed by atoms with Crippen molar-refractivity contribution in [2.24, 2.45) is 0 Å². The number of allylic oxidation sites excluding steroid dienone is 3. The lowest BCUT2D eigenvalue weighted by molar-refractivity contribution is 0.0939. The van der Waals surface area contributed by atoms with Crippen molar-refractivity contribution >= 4 is 21.8 Å². The molecule has 0 aromatic heterocycles. The normalized spacial score (nSPS) is 10.8. The van der Waals surface area contributed by atoms with Crippen molar-refractivity contribution < 1.29 is 4.79 Å². The van der Waals surface area contributed by atoms with Crippen molar-refractivity contribution in [1.29, 1.82) is 0 Å². The van der Waals surface area contributed by atoms with Crippen molar-refractivity contribution in [3.05, 3.63) is 58.7 Å². The zero-order chi connectivity index (χ0) is 12.7. The summed E-state index contributed by atoms with van der Waals surface area (Å²) in [6.45, 7) is 5.50. The van der Waals surface area contributed by atoms with Gasteiger partial charge in [0, 0.05) is 15.7 Å². The number of hydrazine groups is 1. The van der Waals surface area contributed by atoms with E-state index in [0.717, 1.165) is 16.6 Å². The molecule has 0 saturated heterocycles. The predicted molar refractivity (Wildman–Crippen MR) is 73.3 cm³/mol. The molecule has 4 heteroatoms. The van der Waals surface area contributed by atoms with Crippen LogP contribution in [0.25, 0.3) is 0 Å². The summed E-state index contributed by atoms with van der Waals surface area (Å²) >= 11 is 3.32. The lowest BCUT2D eigenvalue weighted by atomic mass is 10.2. The topological polar surface area (TPSA) is 41.1 Å². The first-order chi connectivity index (χ1) is 8.13. The van der Waals surface area contributed by atoms with E-state index in [1.54, 1.807) is 18.2 Å². The molecule has 0 unspecified atom stereocenters. The van der Waals surface area contributed by atoms with E-state index < -0.39 is 0 Å². The minimum atomic E-state index is -0.169. The molecule has 1 aromatic carbocycles. The highest BCUT2D eigenvalue weighted by atomic mass is 79.9. The molecule has 0 saturated carbocycles. The molecule has 1 aromatic rings. The average Bonchev–Trinajstić information content (AvgIpc) is 2.33. The number of carbonyl (C=O) groups is 1. The summed E-state index contributed by atoms with van der Waals surface area (Å²) in [5.41, 5.74) is 6.94. The Balaban J connectivity index is 2.53. The fourth-order valence-electron chi connectivity index (χ4n) is 1.17. The van der Waals surface area contributed by atoms with Gasteiger partial charge in [0.15, 0.2) is 0 Å². The second kappa shape index (κ2) is 6.91. The van der Waals surface area contributed by atoms with Crippen LogP contribution in [0.15, 0.2) is 53.2 Å². The zero-order valence-corrected chi connectivity index (χ0v) is 11.3. The largest absolute Gasteiger partial charge is 0.303 e. The number of rotatable bonds is 5. The molecule has 0 atom stereocenters. The van der Waals surface area contributed by atoms with E-state index in [9.17, 15) is 4.79 Å². The highest BCUT2D eigenvalue weighted by Crippen LogP contribution is 2.11. The van der Waals surface area contributed by atoms with Gasteiger partial charge in [-0.05, 0) is 31.5 Å². The lowest BCUT2D eigenvalue weighted by Gasteiger charge is -2.08. The smallest absolute Gasteiger partial charge is 0.269 e. The number of amides is 1. The molecule has 90 valence electrons. The van der Waals surface area contributed by atoms with Crippen LogP contribution in [-0.4, -0.2) is 5.91 Å². The molecule has 0 heterocycles. The van der Waals surface area contributed by atoms with Crippen LogP contribution in [0.1, 0.15) is 23.7 Å². The van der Waals surface area contributed by atoms with Crippen LogP contribution in [0.5, 0.6) is 0 Å². The summed E-state index contributed by atoms with van der Waals surface area (Å²) < 4.78 is 0.879. The average molecular weight is 295 g/mol. The first-order valence-corrected chi connectivity index (χ1v) is 6.02. The van der Waals surface area contributed by atoms with E-state index in [1.165, 1.54) is 0 Å². The van der Waals surface area contributed by atoms with E-state index >= 15 is 0 Å². The van der Waals surface area contributed by atoms with Crippen molar-refractivity contribution in [1.82, 2.24) is 10.9 Å². The summed E-state index contributed by atoms with van der Waals surface area (Å²) in [4.78, 5) is 11.7. The van der Waals surface area contributed by atoms with Crippen LogP contribution in [0.3, 0.4) is 0 Å². The number of halogens is 1. The molecular weight excluding hydrogens is 280 g/mol. The van der Waals surface area contributed by atoms with Crippen LogP contribution in [-0.2, 0) is 0 Å². The van der Waals surface area contributed by atoms with E-state index in [4.69, 9.17) is 0 Å². The molecule has 17 heavy (non-hydrogen) atoms.